The highest BCUT2D eigenvalue weighted by Crippen LogP contribution is 2.42. The lowest BCUT2D eigenvalue weighted by Crippen LogP contribution is -2.42. The van der Waals surface area contributed by atoms with Crippen LogP contribution >= 0.6 is 0 Å². The summed E-state index contributed by atoms with van der Waals surface area (Å²) < 4.78 is 0. The number of aromatic amines is 1. The van der Waals surface area contributed by atoms with Gasteiger partial charge in [0.15, 0.2) is 0 Å². The van der Waals surface area contributed by atoms with Gasteiger partial charge in [-0.2, -0.15) is 0 Å². The van der Waals surface area contributed by atoms with Gasteiger partial charge in [-0.15, -0.1) is 0 Å². The number of fused-ring (bicyclic) bond motifs is 4. The van der Waals surface area contributed by atoms with E-state index in [1.165, 1.54) is 4.90 Å². The number of para-hydroxylation sites is 2. The zero-order valence-corrected chi connectivity index (χ0v) is 18.5. The number of anilines is 1. The molecule has 4 amide bonds. The first-order chi connectivity index (χ1) is 16.0. The molecule has 7 nitrogen and oxygen atoms in total. The molecule has 2 fully saturated rings. The molecule has 6 rings (SSSR count). The van der Waals surface area contributed by atoms with Crippen LogP contribution in [0.5, 0.6) is 0 Å². The molecule has 3 heterocycles. The van der Waals surface area contributed by atoms with Crippen LogP contribution in [0.2, 0.25) is 0 Å². The van der Waals surface area contributed by atoms with Gasteiger partial charge in [0, 0.05) is 29.1 Å². The highest BCUT2D eigenvalue weighted by molar-refractivity contribution is 6.24. The number of urea groups is 1. The molecule has 7 heteroatoms. The van der Waals surface area contributed by atoms with Gasteiger partial charge in [0.05, 0.1) is 17.3 Å². The number of nitrogens with zero attached hydrogens (tertiary/aromatic N) is 2. The van der Waals surface area contributed by atoms with Crippen molar-refractivity contribution in [3.63, 3.8) is 0 Å². The molecule has 2 atom stereocenters. The summed E-state index contributed by atoms with van der Waals surface area (Å²) in [6.07, 6.45) is 4.61. The number of benzene rings is 2. The van der Waals surface area contributed by atoms with Crippen LogP contribution in [0.15, 0.2) is 48.5 Å². The van der Waals surface area contributed by atoms with Gasteiger partial charge in [-0.25, -0.2) is 9.69 Å². The van der Waals surface area contributed by atoms with E-state index in [2.05, 4.69) is 16.4 Å². The molecule has 33 heavy (non-hydrogen) atoms. The molecule has 3 aliphatic rings. The van der Waals surface area contributed by atoms with Gasteiger partial charge >= 0.3 is 6.03 Å². The number of hydrogen-bond acceptors (Lipinski definition) is 3. The molecule has 2 aromatic carbocycles. The topological polar surface area (TPSA) is 85.5 Å². The molecule has 2 unspecified atom stereocenters. The molecule has 0 spiro atoms. The summed E-state index contributed by atoms with van der Waals surface area (Å²) in [4.78, 5) is 46.6. The Balaban J connectivity index is 1.36. The van der Waals surface area contributed by atoms with Crippen molar-refractivity contribution in [2.45, 2.75) is 57.2 Å². The first kappa shape index (κ1) is 20.0. The van der Waals surface area contributed by atoms with Crippen molar-refractivity contribution in [2.75, 3.05) is 4.90 Å². The molecular formula is C26H26N4O3. The van der Waals surface area contributed by atoms with Crippen molar-refractivity contribution >= 4 is 34.4 Å². The normalized spacial score (nSPS) is 22.7. The minimum atomic E-state index is -0.579. The van der Waals surface area contributed by atoms with Crippen LogP contribution in [0.3, 0.4) is 0 Å². The number of carbonyl (C=O) groups is 3. The number of amides is 4. The minimum absolute atomic E-state index is 0.153. The lowest BCUT2D eigenvalue weighted by Gasteiger charge is -2.33. The molecule has 1 aliphatic carbocycles. The zero-order valence-electron chi connectivity index (χ0n) is 18.5. The first-order valence-electron chi connectivity index (χ1n) is 11.7. The monoisotopic (exact) mass is 442 g/mol. The van der Waals surface area contributed by atoms with E-state index in [0.29, 0.717) is 17.7 Å². The average molecular weight is 443 g/mol. The summed E-state index contributed by atoms with van der Waals surface area (Å²) in [6.45, 7) is 1.95. The lowest BCUT2D eigenvalue weighted by atomic mass is 9.93. The summed E-state index contributed by atoms with van der Waals surface area (Å²) in [5, 5.41) is 4.18. The molecule has 1 aromatic heterocycles. The highest BCUT2D eigenvalue weighted by atomic mass is 16.2. The Hall–Kier alpha value is -3.61. The fourth-order valence-electron chi connectivity index (χ4n) is 5.78. The van der Waals surface area contributed by atoms with Crippen molar-refractivity contribution in [1.29, 1.82) is 0 Å². The van der Waals surface area contributed by atoms with Gasteiger partial charge in [0.2, 0.25) is 0 Å². The van der Waals surface area contributed by atoms with E-state index in [0.717, 1.165) is 47.8 Å². The van der Waals surface area contributed by atoms with Crippen LogP contribution in [0.25, 0.3) is 10.9 Å². The summed E-state index contributed by atoms with van der Waals surface area (Å²) in [7, 11) is 0. The Labute approximate surface area is 191 Å². The SMILES string of the molecule is CC1c2[nH]c3ccccc3c2CC2C(=O)N(c3ccccc3C(=O)NC3CCCC3)C(=O)N21. The predicted octanol–water partition coefficient (Wildman–Crippen LogP) is 4.29. The second-order valence-corrected chi connectivity index (χ2v) is 9.29. The molecule has 2 aliphatic heterocycles. The average Bonchev–Trinajstić information content (AvgIpc) is 3.52. The van der Waals surface area contributed by atoms with Crippen molar-refractivity contribution in [3.8, 4) is 0 Å². The molecule has 0 radical (unpaired) electrons. The molecule has 0 bridgehead atoms. The standard InChI is InChI=1S/C26H26N4O3/c1-15-23-19(17-10-4-6-12-20(17)28-23)14-22-25(32)30(26(33)29(15)22)21-13-7-5-11-18(21)24(31)27-16-8-2-3-9-16/h4-7,10-13,15-16,22,28H,2-3,8-9,14H2,1H3,(H,27,31). The van der Waals surface area contributed by atoms with Crippen LogP contribution < -0.4 is 10.2 Å². The van der Waals surface area contributed by atoms with E-state index in [1.807, 2.05) is 25.1 Å². The van der Waals surface area contributed by atoms with Gasteiger partial charge in [-0.05, 0) is 43.5 Å². The molecule has 168 valence electrons. The third-order valence-electron chi connectivity index (χ3n) is 7.41. The largest absolute Gasteiger partial charge is 0.356 e. The van der Waals surface area contributed by atoms with E-state index in [1.54, 1.807) is 29.2 Å². The molecular weight excluding hydrogens is 416 g/mol. The Kier molecular flexibility index (Phi) is 4.54. The highest BCUT2D eigenvalue weighted by Gasteiger charge is 2.52. The lowest BCUT2D eigenvalue weighted by molar-refractivity contribution is -0.120. The number of hydrogen-bond donors (Lipinski definition) is 2. The van der Waals surface area contributed by atoms with Crippen LogP contribution in [0.1, 0.15) is 60.3 Å². The van der Waals surface area contributed by atoms with E-state index in [-0.39, 0.29) is 29.9 Å². The van der Waals surface area contributed by atoms with Gasteiger partial charge in [0.1, 0.15) is 6.04 Å². The molecule has 1 saturated heterocycles. The van der Waals surface area contributed by atoms with Crippen LogP contribution in [-0.2, 0) is 11.2 Å². The van der Waals surface area contributed by atoms with E-state index < -0.39 is 6.04 Å². The van der Waals surface area contributed by atoms with Crippen molar-refractivity contribution < 1.29 is 14.4 Å². The first-order valence-corrected chi connectivity index (χ1v) is 11.7. The van der Waals surface area contributed by atoms with Crippen molar-refractivity contribution in [2.24, 2.45) is 0 Å². The molecule has 1 saturated carbocycles. The second kappa shape index (κ2) is 7.47. The smallest absolute Gasteiger partial charge is 0.332 e. The Morgan fingerprint density at radius 1 is 1.03 bits per heavy atom. The van der Waals surface area contributed by atoms with Crippen LogP contribution in [0.4, 0.5) is 10.5 Å². The second-order valence-electron chi connectivity index (χ2n) is 9.29. The third-order valence-corrected chi connectivity index (χ3v) is 7.41. The Morgan fingerprint density at radius 3 is 2.58 bits per heavy atom. The van der Waals surface area contributed by atoms with Crippen molar-refractivity contribution in [1.82, 2.24) is 15.2 Å². The van der Waals surface area contributed by atoms with Gasteiger partial charge in [-0.3, -0.25) is 9.59 Å². The number of H-pyrrole nitrogens is 1. The Bertz CT molecular complexity index is 1290. The summed E-state index contributed by atoms with van der Waals surface area (Å²) in [5.41, 5.74) is 3.80. The molecule has 2 N–H and O–H groups in total. The van der Waals surface area contributed by atoms with E-state index in [4.69, 9.17) is 0 Å². The van der Waals surface area contributed by atoms with Gasteiger partial charge in [-0.1, -0.05) is 43.2 Å². The number of rotatable bonds is 3. The fourth-order valence-corrected chi connectivity index (χ4v) is 5.78. The molecule has 3 aromatic rings. The predicted molar refractivity (Wildman–Crippen MR) is 125 cm³/mol. The quantitative estimate of drug-likeness (QED) is 0.593. The maximum absolute atomic E-state index is 13.6. The summed E-state index contributed by atoms with van der Waals surface area (Å²) in [6, 6.07) is 13.9. The number of imide groups is 1. The maximum Gasteiger partial charge on any atom is 0.332 e. The number of aromatic nitrogens is 1. The van der Waals surface area contributed by atoms with E-state index in [9.17, 15) is 14.4 Å². The maximum atomic E-state index is 13.6. The van der Waals surface area contributed by atoms with Crippen LogP contribution in [-0.4, -0.2) is 39.8 Å². The zero-order chi connectivity index (χ0) is 22.7. The van der Waals surface area contributed by atoms with Gasteiger partial charge < -0.3 is 15.2 Å². The Morgan fingerprint density at radius 2 is 1.76 bits per heavy atom. The van der Waals surface area contributed by atoms with Gasteiger partial charge in [0.25, 0.3) is 11.8 Å². The number of nitrogens with one attached hydrogen (secondary N) is 2. The number of carbonyl (C=O) groups excluding carboxylic acids is 3. The minimum Gasteiger partial charge on any atom is -0.356 e. The third kappa shape index (κ3) is 2.98. The van der Waals surface area contributed by atoms with E-state index >= 15 is 0 Å². The summed E-state index contributed by atoms with van der Waals surface area (Å²) >= 11 is 0. The summed E-state index contributed by atoms with van der Waals surface area (Å²) in [5.74, 6) is -0.504. The van der Waals surface area contributed by atoms with Crippen LogP contribution in [0, 0.1) is 0 Å². The van der Waals surface area contributed by atoms with Crippen molar-refractivity contribution in [3.05, 3.63) is 65.4 Å². The fraction of sp³-hybridized carbons (Fsp3) is 0.346.